The Bertz CT molecular complexity index is 1050. The maximum Gasteiger partial charge on any atom is 0.422 e. The van der Waals surface area contributed by atoms with Gasteiger partial charge in [-0.25, -0.2) is 0 Å². The van der Waals surface area contributed by atoms with Gasteiger partial charge in [0.15, 0.2) is 6.61 Å². The first-order chi connectivity index (χ1) is 16.1. The monoisotopic (exact) mass is 514 g/mol. The van der Waals surface area contributed by atoms with Crippen LogP contribution < -0.4 is 4.74 Å². The summed E-state index contributed by atoms with van der Waals surface area (Å²) in [5.74, 6) is -4.11. The van der Waals surface area contributed by atoms with Crippen LogP contribution in [0.15, 0.2) is 36.4 Å². The van der Waals surface area contributed by atoms with Crippen molar-refractivity contribution >= 4 is 5.97 Å². The minimum atomic E-state index is -5.24. The van der Waals surface area contributed by atoms with Gasteiger partial charge in [0.1, 0.15) is 5.75 Å². The van der Waals surface area contributed by atoms with Gasteiger partial charge in [0.25, 0.3) is 0 Å². The number of hydrogen-bond acceptors (Lipinski definition) is 2. The second kappa shape index (κ2) is 9.62. The van der Waals surface area contributed by atoms with Gasteiger partial charge in [-0.2, -0.15) is 39.5 Å². The maximum absolute atomic E-state index is 13.9. The Morgan fingerprint density at radius 2 is 1.54 bits per heavy atom. The fraction of sp³-hybridized carbons (Fsp3) is 0.435. The first kappa shape index (κ1) is 26.7. The summed E-state index contributed by atoms with van der Waals surface area (Å²) in [4.78, 5) is 11.9. The summed E-state index contributed by atoms with van der Waals surface area (Å²) < 4.78 is 123. The Hall–Kier alpha value is -2.92. The number of alkyl halides is 9. The molecule has 0 radical (unpaired) electrons. The Balaban J connectivity index is 2.21. The van der Waals surface area contributed by atoms with Crippen LogP contribution in [-0.2, 0) is 17.1 Å². The summed E-state index contributed by atoms with van der Waals surface area (Å²) in [5.41, 5.74) is -3.98. The van der Waals surface area contributed by atoms with Crippen LogP contribution in [0, 0.1) is 5.92 Å². The van der Waals surface area contributed by atoms with E-state index in [1.807, 2.05) is 0 Å². The molecule has 0 bridgehead atoms. The molecule has 0 heterocycles. The number of halogens is 9. The zero-order chi connectivity index (χ0) is 26.2. The Labute approximate surface area is 193 Å². The third-order valence-electron chi connectivity index (χ3n) is 5.81. The highest BCUT2D eigenvalue weighted by Crippen LogP contribution is 2.46. The van der Waals surface area contributed by atoms with Crippen molar-refractivity contribution in [3.63, 3.8) is 0 Å². The molecular weight excluding hydrogens is 495 g/mol. The van der Waals surface area contributed by atoms with E-state index in [-0.39, 0.29) is 23.5 Å². The molecule has 1 aliphatic carbocycles. The number of aliphatic carboxylic acids is 1. The predicted molar refractivity (Wildman–Crippen MR) is 106 cm³/mol. The first-order valence-corrected chi connectivity index (χ1v) is 10.4. The van der Waals surface area contributed by atoms with Crippen molar-refractivity contribution in [1.82, 2.24) is 0 Å². The topological polar surface area (TPSA) is 46.5 Å². The molecule has 2 aromatic rings. The van der Waals surface area contributed by atoms with E-state index in [1.165, 1.54) is 0 Å². The molecular formula is C23H19F9O3. The van der Waals surface area contributed by atoms with E-state index in [1.54, 1.807) is 0 Å². The van der Waals surface area contributed by atoms with Crippen molar-refractivity contribution in [3.8, 4) is 16.9 Å². The number of carboxylic acids is 1. The highest BCUT2D eigenvalue weighted by atomic mass is 19.4. The van der Waals surface area contributed by atoms with Gasteiger partial charge in [0.05, 0.1) is 17.0 Å². The van der Waals surface area contributed by atoms with Gasteiger partial charge in [0.2, 0.25) is 0 Å². The lowest BCUT2D eigenvalue weighted by atomic mass is 9.76. The third-order valence-corrected chi connectivity index (χ3v) is 5.81. The zero-order valence-corrected chi connectivity index (χ0v) is 17.8. The minimum absolute atomic E-state index is 0.0157. The van der Waals surface area contributed by atoms with Gasteiger partial charge in [-0.1, -0.05) is 31.4 Å². The second-order valence-corrected chi connectivity index (χ2v) is 8.35. The van der Waals surface area contributed by atoms with Crippen LogP contribution in [0.4, 0.5) is 39.5 Å². The molecule has 1 fully saturated rings. The molecule has 3 nitrogen and oxygen atoms in total. The van der Waals surface area contributed by atoms with Gasteiger partial charge >= 0.3 is 24.5 Å². The highest BCUT2D eigenvalue weighted by molar-refractivity contribution is 5.80. The molecule has 35 heavy (non-hydrogen) atoms. The molecule has 0 aromatic heterocycles. The number of carboxylic acid groups (broad SMARTS) is 1. The van der Waals surface area contributed by atoms with E-state index in [2.05, 4.69) is 4.74 Å². The lowest BCUT2D eigenvalue weighted by Crippen LogP contribution is -2.23. The summed E-state index contributed by atoms with van der Waals surface area (Å²) in [6, 6.07) is 4.10. The quantitative estimate of drug-likeness (QED) is 0.386. The SMILES string of the molecule is O=C(O)C(CC1CCC1)c1cc(-c2ccc(C(F)(F)F)cc2)c(OCC(F)(F)F)c(C(F)(F)F)c1. The average Bonchev–Trinajstić information content (AvgIpc) is 2.69. The van der Waals surface area contributed by atoms with Crippen LogP contribution in [0.1, 0.15) is 48.3 Å². The fourth-order valence-corrected chi connectivity index (χ4v) is 3.87. The molecule has 3 rings (SSSR count). The van der Waals surface area contributed by atoms with Crippen LogP contribution in [0.25, 0.3) is 11.1 Å². The number of benzene rings is 2. The maximum atomic E-state index is 13.9. The second-order valence-electron chi connectivity index (χ2n) is 8.35. The van der Waals surface area contributed by atoms with Crippen LogP contribution >= 0.6 is 0 Å². The van der Waals surface area contributed by atoms with Crippen LogP contribution in [0.2, 0.25) is 0 Å². The lowest BCUT2D eigenvalue weighted by Gasteiger charge is -2.29. The first-order valence-electron chi connectivity index (χ1n) is 10.4. The molecule has 1 unspecified atom stereocenters. The molecule has 1 aliphatic rings. The summed E-state index contributed by atoms with van der Waals surface area (Å²) in [7, 11) is 0. The van der Waals surface area contributed by atoms with Crippen molar-refractivity contribution in [1.29, 1.82) is 0 Å². The van der Waals surface area contributed by atoms with Gasteiger partial charge in [0, 0.05) is 5.56 Å². The van der Waals surface area contributed by atoms with E-state index >= 15 is 0 Å². The number of hydrogen-bond donors (Lipinski definition) is 1. The largest absolute Gasteiger partial charge is 0.483 e. The summed E-state index contributed by atoms with van der Waals surface area (Å²) in [5, 5.41) is 9.67. The molecule has 1 saturated carbocycles. The summed E-state index contributed by atoms with van der Waals surface area (Å²) >= 11 is 0. The molecule has 1 atom stereocenters. The molecule has 12 heteroatoms. The average molecular weight is 514 g/mol. The Morgan fingerprint density at radius 3 is 1.97 bits per heavy atom. The van der Waals surface area contributed by atoms with Gasteiger partial charge in [-0.15, -0.1) is 0 Å². The van der Waals surface area contributed by atoms with Crippen molar-refractivity contribution in [3.05, 3.63) is 53.1 Å². The van der Waals surface area contributed by atoms with E-state index in [0.717, 1.165) is 24.6 Å². The molecule has 0 saturated heterocycles. The minimum Gasteiger partial charge on any atom is -0.483 e. The van der Waals surface area contributed by atoms with Crippen molar-refractivity contribution in [2.45, 2.75) is 50.1 Å². The molecule has 1 N–H and O–H groups in total. The summed E-state index contributed by atoms with van der Waals surface area (Å²) in [6.45, 7) is -2.09. The molecule has 0 spiro atoms. The van der Waals surface area contributed by atoms with Crippen molar-refractivity contribution in [2.24, 2.45) is 5.92 Å². The van der Waals surface area contributed by atoms with Gasteiger partial charge in [-0.3, -0.25) is 4.79 Å². The highest BCUT2D eigenvalue weighted by Gasteiger charge is 2.40. The molecule has 192 valence electrons. The van der Waals surface area contributed by atoms with Gasteiger partial charge < -0.3 is 9.84 Å². The molecule has 0 aliphatic heterocycles. The van der Waals surface area contributed by atoms with E-state index < -0.39 is 59.5 Å². The fourth-order valence-electron chi connectivity index (χ4n) is 3.87. The van der Waals surface area contributed by atoms with Gasteiger partial charge in [-0.05, 0) is 47.7 Å². The number of ether oxygens (including phenoxy) is 1. The van der Waals surface area contributed by atoms with Crippen molar-refractivity contribution in [2.75, 3.05) is 6.61 Å². The van der Waals surface area contributed by atoms with E-state index in [9.17, 15) is 49.4 Å². The Morgan fingerprint density at radius 1 is 0.943 bits per heavy atom. The molecule has 0 amide bonds. The zero-order valence-electron chi connectivity index (χ0n) is 17.8. The van der Waals surface area contributed by atoms with Crippen LogP contribution in [0.5, 0.6) is 5.75 Å². The summed E-state index contributed by atoms with van der Waals surface area (Å²) in [6.07, 6.45) is -12.8. The number of carbonyl (C=O) groups is 1. The third kappa shape index (κ3) is 6.61. The lowest BCUT2D eigenvalue weighted by molar-refractivity contribution is -0.158. The number of rotatable bonds is 7. The van der Waals surface area contributed by atoms with Crippen LogP contribution in [-0.4, -0.2) is 23.9 Å². The van der Waals surface area contributed by atoms with Crippen molar-refractivity contribution < 1.29 is 54.2 Å². The Kier molecular flexibility index (Phi) is 7.33. The van der Waals surface area contributed by atoms with Crippen LogP contribution in [0.3, 0.4) is 0 Å². The predicted octanol–water partition coefficient (Wildman–Crippen LogP) is 7.69. The van der Waals surface area contributed by atoms with E-state index in [0.29, 0.717) is 31.0 Å². The van der Waals surface area contributed by atoms with E-state index in [4.69, 9.17) is 0 Å². The molecule has 2 aromatic carbocycles. The smallest absolute Gasteiger partial charge is 0.422 e. The normalized spacial score (nSPS) is 16.0. The standard InChI is InChI=1S/C23H19F9O3/c24-21(25,26)11-35-19-16(13-4-6-15(7-5-13)22(27,28)29)9-14(10-18(19)23(30,31)32)17(20(33)34)8-12-2-1-3-12/h4-7,9-10,12,17H,1-3,8,11H2,(H,33,34).